The Morgan fingerprint density at radius 3 is 2.80 bits per heavy atom. The SMILES string of the molecule is CC(Nc1nc(N)ncc1[N+](=O)[O-])C(=O)N1CCCC1. The monoisotopic (exact) mass is 280 g/mol. The van der Waals surface area contributed by atoms with Crippen LogP contribution in [0.15, 0.2) is 6.20 Å². The highest BCUT2D eigenvalue weighted by molar-refractivity contribution is 5.84. The molecule has 0 radical (unpaired) electrons. The summed E-state index contributed by atoms with van der Waals surface area (Å²) < 4.78 is 0. The first-order valence-corrected chi connectivity index (χ1v) is 6.31. The molecule has 1 unspecified atom stereocenters. The largest absolute Gasteiger partial charge is 0.368 e. The van der Waals surface area contributed by atoms with Crippen LogP contribution in [0.4, 0.5) is 17.5 Å². The highest BCUT2D eigenvalue weighted by Gasteiger charge is 2.26. The van der Waals surface area contributed by atoms with E-state index >= 15 is 0 Å². The molecule has 1 saturated heterocycles. The molecule has 1 aliphatic heterocycles. The van der Waals surface area contributed by atoms with Gasteiger partial charge in [-0.25, -0.2) is 4.98 Å². The standard InChI is InChI=1S/C11H16N6O3/c1-7(10(18)16-4-2-3-5-16)14-9-8(17(19)20)6-13-11(12)15-9/h6-7H,2-5H2,1H3,(H3,12,13,14,15). The molecule has 3 N–H and O–H groups in total. The summed E-state index contributed by atoms with van der Waals surface area (Å²) >= 11 is 0. The third-order valence-corrected chi connectivity index (χ3v) is 3.13. The number of nitrogens with zero attached hydrogens (tertiary/aromatic N) is 4. The highest BCUT2D eigenvalue weighted by Crippen LogP contribution is 2.22. The second-order valence-corrected chi connectivity index (χ2v) is 4.62. The van der Waals surface area contributed by atoms with Gasteiger partial charge < -0.3 is 16.0 Å². The molecule has 0 bridgehead atoms. The summed E-state index contributed by atoms with van der Waals surface area (Å²) in [6, 6.07) is -0.610. The summed E-state index contributed by atoms with van der Waals surface area (Å²) in [5, 5.41) is 13.6. The normalized spacial score (nSPS) is 15.9. The molecule has 108 valence electrons. The lowest BCUT2D eigenvalue weighted by atomic mass is 10.3. The van der Waals surface area contributed by atoms with E-state index in [0.717, 1.165) is 32.1 Å². The van der Waals surface area contributed by atoms with Gasteiger partial charge in [0.25, 0.3) is 0 Å². The Balaban J connectivity index is 2.14. The van der Waals surface area contributed by atoms with Crippen molar-refractivity contribution in [3.63, 3.8) is 0 Å². The zero-order valence-electron chi connectivity index (χ0n) is 11.1. The highest BCUT2D eigenvalue weighted by atomic mass is 16.6. The lowest BCUT2D eigenvalue weighted by Gasteiger charge is -2.21. The second-order valence-electron chi connectivity index (χ2n) is 4.62. The molecule has 0 aromatic carbocycles. The number of hydrogen-bond acceptors (Lipinski definition) is 7. The molecule has 0 aliphatic carbocycles. The average Bonchev–Trinajstić information content (AvgIpc) is 2.91. The van der Waals surface area contributed by atoms with Crippen LogP contribution >= 0.6 is 0 Å². The number of rotatable bonds is 4. The minimum atomic E-state index is -0.616. The van der Waals surface area contributed by atoms with E-state index in [1.54, 1.807) is 11.8 Å². The number of nitrogens with two attached hydrogens (primary N) is 1. The van der Waals surface area contributed by atoms with Crippen LogP contribution in [0.1, 0.15) is 19.8 Å². The Labute approximate surface area is 115 Å². The van der Waals surface area contributed by atoms with Crippen LogP contribution in [0, 0.1) is 10.1 Å². The first-order valence-electron chi connectivity index (χ1n) is 6.31. The molecular formula is C11H16N6O3. The van der Waals surface area contributed by atoms with Crippen molar-refractivity contribution < 1.29 is 9.72 Å². The van der Waals surface area contributed by atoms with E-state index in [1.165, 1.54) is 0 Å². The van der Waals surface area contributed by atoms with E-state index in [2.05, 4.69) is 15.3 Å². The van der Waals surface area contributed by atoms with Gasteiger partial charge in [0.1, 0.15) is 12.2 Å². The second kappa shape index (κ2) is 5.68. The molecule has 0 spiro atoms. The third-order valence-electron chi connectivity index (χ3n) is 3.13. The topological polar surface area (TPSA) is 127 Å². The number of nitrogen functional groups attached to an aromatic ring is 1. The van der Waals surface area contributed by atoms with Crippen LogP contribution in [0.5, 0.6) is 0 Å². The van der Waals surface area contributed by atoms with Gasteiger partial charge in [-0.1, -0.05) is 0 Å². The van der Waals surface area contributed by atoms with Crippen LogP contribution in [-0.4, -0.2) is 44.8 Å². The Hall–Kier alpha value is -2.45. The number of aromatic nitrogens is 2. The zero-order chi connectivity index (χ0) is 14.7. The molecule has 1 aliphatic rings. The smallest absolute Gasteiger partial charge is 0.329 e. The number of amides is 1. The predicted molar refractivity (Wildman–Crippen MR) is 72.0 cm³/mol. The maximum atomic E-state index is 12.1. The van der Waals surface area contributed by atoms with Crippen molar-refractivity contribution in [3.05, 3.63) is 16.3 Å². The number of carbonyl (C=O) groups is 1. The lowest BCUT2D eigenvalue weighted by Crippen LogP contribution is -2.39. The molecule has 9 nitrogen and oxygen atoms in total. The molecule has 0 saturated carbocycles. The van der Waals surface area contributed by atoms with Gasteiger partial charge >= 0.3 is 5.69 Å². The fraction of sp³-hybridized carbons (Fsp3) is 0.545. The van der Waals surface area contributed by atoms with Gasteiger partial charge in [-0.2, -0.15) is 4.98 Å². The van der Waals surface area contributed by atoms with Gasteiger partial charge in [0.2, 0.25) is 17.7 Å². The molecule has 9 heteroatoms. The fourth-order valence-electron chi connectivity index (χ4n) is 2.11. The zero-order valence-corrected chi connectivity index (χ0v) is 11.1. The summed E-state index contributed by atoms with van der Waals surface area (Å²) in [7, 11) is 0. The van der Waals surface area contributed by atoms with Crippen LogP contribution in [0.2, 0.25) is 0 Å². The van der Waals surface area contributed by atoms with Crippen molar-refractivity contribution in [1.29, 1.82) is 0 Å². The van der Waals surface area contributed by atoms with Crippen LogP contribution in [0.3, 0.4) is 0 Å². The van der Waals surface area contributed by atoms with Crippen molar-refractivity contribution in [2.24, 2.45) is 0 Å². The van der Waals surface area contributed by atoms with E-state index in [1.807, 2.05) is 0 Å². The molecule has 1 fully saturated rings. The van der Waals surface area contributed by atoms with E-state index < -0.39 is 11.0 Å². The van der Waals surface area contributed by atoms with Gasteiger partial charge in [0.05, 0.1) is 4.92 Å². The number of likely N-dealkylation sites (tertiary alicyclic amines) is 1. The van der Waals surface area contributed by atoms with Crippen molar-refractivity contribution in [3.8, 4) is 0 Å². The number of hydrogen-bond donors (Lipinski definition) is 2. The molecule has 1 aromatic heterocycles. The van der Waals surface area contributed by atoms with Crippen molar-refractivity contribution in [2.45, 2.75) is 25.8 Å². The van der Waals surface area contributed by atoms with E-state index in [4.69, 9.17) is 5.73 Å². The van der Waals surface area contributed by atoms with Crippen molar-refractivity contribution >= 4 is 23.4 Å². The van der Waals surface area contributed by atoms with Crippen LogP contribution < -0.4 is 11.1 Å². The number of nitro groups is 1. The Morgan fingerprint density at radius 1 is 1.55 bits per heavy atom. The summed E-state index contributed by atoms with van der Waals surface area (Å²) in [5.41, 5.74) is 5.12. The Kier molecular flexibility index (Phi) is 3.97. The summed E-state index contributed by atoms with van der Waals surface area (Å²) in [5.74, 6) is -0.226. The van der Waals surface area contributed by atoms with Gasteiger partial charge in [-0.3, -0.25) is 14.9 Å². The summed E-state index contributed by atoms with van der Waals surface area (Å²) in [6.07, 6.45) is 3.00. The Bertz CT molecular complexity index is 529. The predicted octanol–water partition coefficient (Wildman–Crippen LogP) is 0.390. The van der Waals surface area contributed by atoms with Gasteiger partial charge in [0, 0.05) is 13.1 Å². The maximum absolute atomic E-state index is 12.1. The quantitative estimate of drug-likeness (QED) is 0.603. The molecule has 20 heavy (non-hydrogen) atoms. The lowest BCUT2D eigenvalue weighted by molar-refractivity contribution is -0.384. The molecule has 1 amide bonds. The van der Waals surface area contributed by atoms with Gasteiger partial charge in [-0.05, 0) is 19.8 Å². The first-order chi connectivity index (χ1) is 9.49. The number of nitrogens with one attached hydrogen (secondary N) is 1. The van der Waals surface area contributed by atoms with Crippen LogP contribution in [-0.2, 0) is 4.79 Å². The molecule has 1 atom stereocenters. The van der Waals surface area contributed by atoms with Crippen molar-refractivity contribution in [1.82, 2.24) is 14.9 Å². The van der Waals surface area contributed by atoms with E-state index in [0.29, 0.717) is 0 Å². The maximum Gasteiger partial charge on any atom is 0.329 e. The van der Waals surface area contributed by atoms with Gasteiger partial charge in [-0.15, -0.1) is 0 Å². The minimum Gasteiger partial charge on any atom is -0.368 e. The fourth-order valence-corrected chi connectivity index (χ4v) is 2.11. The molecule has 1 aromatic rings. The number of anilines is 2. The summed E-state index contributed by atoms with van der Waals surface area (Å²) in [4.78, 5) is 31.5. The number of carbonyl (C=O) groups excluding carboxylic acids is 1. The van der Waals surface area contributed by atoms with Gasteiger partial charge in [0.15, 0.2) is 0 Å². The molecule has 2 rings (SSSR count). The summed E-state index contributed by atoms with van der Waals surface area (Å²) in [6.45, 7) is 3.08. The molecular weight excluding hydrogens is 264 g/mol. The third kappa shape index (κ3) is 2.92. The van der Waals surface area contributed by atoms with Crippen LogP contribution in [0.25, 0.3) is 0 Å². The minimum absolute atomic E-state index is 0.0393. The molecule has 2 heterocycles. The van der Waals surface area contributed by atoms with Crippen molar-refractivity contribution in [2.75, 3.05) is 24.1 Å². The Morgan fingerprint density at radius 2 is 2.20 bits per heavy atom. The van der Waals surface area contributed by atoms with E-state index in [9.17, 15) is 14.9 Å². The first kappa shape index (κ1) is 14.0. The average molecular weight is 280 g/mol. The van der Waals surface area contributed by atoms with E-state index in [-0.39, 0.29) is 23.4 Å².